The maximum Gasteiger partial charge on any atom is 0.266 e. The first-order valence-corrected chi connectivity index (χ1v) is 9.07. The van der Waals surface area contributed by atoms with Crippen LogP contribution in [0.1, 0.15) is 43.7 Å². The third-order valence-corrected chi connectivity index (χ3v) is 5.07. The summed E-state index contributed by atoms with van der Waals surface area (Å²) in [4.78, 5) is 22.6. The molecule has 0 bridgehead atoms. The number of nitrogens with zero attached hydrogens (tertiary/aromatic N) is 5. The highest BCUT2D eigenvalue weighted by atomic mass is 16.1. The highest BCUT2D eigenvalue weighted by Gasteiger charge is 2.26. The summed E-state index contributed by atoms with van der Waals surface area (Å²) in [6.45, 7) is 1.78. The second-order valence-electron chi connectivity index (χ2n) is 6.98. The monoisotopic (exact) mass is 340 g/mol. The van der Waals surface area contributed by atoms with Crippen LogP contribution < -0.4 is 15.8 Å². The zero-order valence-corrected chi connectivity index (χ0v) is 14.6. The van der Waals surface area contributed by atoms with Gasteiger partial charge in [0.1, 0.15) is 18.0 Å². The Hall–Kier alpha value is -2.44. The van der Waals surface area contributed by atoms with Crippen molar-refractivity contribution in [2.24, 2.45) is 7.05 Å². The maximum absolute atomic E-state index is 11.6. The quantitative estimate of drug-likeness (QED) is 0.896. The molecule has 25 heavy (non-hydrogen) atoms. The minimum absolute atomic E-state index is 0.0796. The van der Waals surface area contributed by atoms with E-state index in [0.717, 1.165) is 43.3 Å². The van der Waals surface area contributed by atoms with Gasteiger partial charge in [0.2, 0.25) is 0 Å². The number of aryl methyl sites for hydroxylation is 1. The van der Waals surface area contributed by atoms with E-state index in [-0.39, 0.29) is 5.56 Å². The van der Waals surface area contributed by atoms with Gasteiger partial charge in [0.05, 0.1) is 0 Å². The Bertz CT molecular complexity index is 800. The van der Waals surface area contributed by atoms with Crippen LogP contribution in [0.15, 0.2) is 29.3 Å². The largest absolute Gasteiger partial charge is 0.368 e. The Morgan fingerprint density at radius 1 is 1.20 bits per heavy atom. The molecule has 0 spiro atoms. The zero-order chi connectivity index (χ0) is 17.2. The van der Waals surface area contributed by atoms with Crippen LogP contribution in [0.3, 0.4) is 0 Å². The van der Waals surface area contributed by atoms with E-state index in [0.29, 0.717) is 12.0 Å². The third kappa shape index (κ3) is 3.65. The van der Waals surface area contributed by atoms with Gasteiger partial charge in [-0.3, -0.25) is 4.79 Å². The molecule has 3 heterocycles. The van der Waals surface area contributed by atoms with Crippen LogP contribution in [-0.4, -0.2) is 38.9 Å². The Labute approximate surface area is 147 Å². The molecule has 4 rings (SSSR count). The maximum atomic E-state index is 11.6. The summed E-state index contributed by atoms with van der Waals surface area (Å²) in [5.74, 6) is 2.40. The fourth-order valence-corrected chi connectivity index (χ4v) is 3.45. The third-order valence-electron chi connectivity index (χ3n) is 5.07. The molecule has 1 aliphatic heterocycles. The summed E-state index contributed by atoms with van der Waals surface area (Å²) >= 11 is 0. The topological polar surface area (TPSA) is 75.9 Å². The average molecular weight is 340 g/mol. The molecular formula is C18H24N6O. The molecule has 0 radical (unpaired) electrons. The van der Waals surface area contributed by atoms with Gasteiger partial charge in [0.15, 0.2) is 0 Å². The summed E-state index contributed by atoms with van der Waals surface area (Å²) in [7, 11) is 1.70. The Kier molecular flexibility index (Phi) is 4.38. The second kappa shape index (κ2) is 6.82. The number of hydrogen-bond acceptors (Lipinski definition) is 6. The van der Waals surface area contributed by atoms with Crippen LogP contribution in [-0.2, 0) is 7.05 Å². The molecule has 132 valence electrons. The van der Waals surface area contributed by atoms with Crippen LogP contribution in [0.2, 0.25) is 0 Å². The lowest BCUT2D eigenvalue weighted by molar-refractivity contribution is 0.464. The summed E-state index contributed by atoms with van der Waals surface area (Å²) in [5.41, 5.74) is 1.07. The molecule has 7 nitrogen and oxygen atoms in total. The van der Waals surface area contributed by atoms with Crippen LogP contribution in [0.25, 0.3) is 0 Å². The minimum Gasteiger partial charge on any atom is -0.368 e. The van der Waals surface area contributed by atoms with E-state index in [1.54, 1.807) is 19.4 Å². The van der Waals surface area contributed by atoms with Gasteiger partial charge in [-0.05, 0) is 38.2 Å². The number of nitrogens with one attached hydrogen (secondary N) is 1. The van der Waals surface area contributed by atoms with Gasteiger partial charge in [-0.15, -0.1) is 0 Å². The van der Waals surface area contributed by atoms with Crippen molar-refractivity contribution >= 4 is 11.6 Å². The predicted octanol–water partition coefficient (Wildman–Crippen LogP) is 1.92. The molecule has 2 aromatic rings. The molecule has 1 aliphatic carbocycles. The number of rotatable bonds is 5. The van der Waals surface area contributed by atoms with E-state index in [2.05, 4.69) is 31.3 Å². The molecule has 0 amide bonds. The summed E-state index contributed by atoms with van der Waals surface area (Å²) < 4.78 is 1.40. The van der Waals surface area contributed by atoms with Crippen LogP contribution >= 0.6 is 0 Å². The molecule has 1 unspecified atom stereocenters. The Morgan fingerprint density at radius 3 is 2.88 bits per heavy atom. The molecule has 1 saturated carbocycles. The fraction of sp³-hybridized carbons (Fsp3) is 0.556. The highest BCUT2D eigenvalue weighted by Crippen LogP contribution is 2.39. The van der Waals surface area contributed by atoms with E-state index in [1.807, 2.05) is 6.07 Å². The van der Waals surface area contributed by atoms with Crippen molar-refractivity contribution < 1.29 is 0 Å². The summed E-state index contributed by atoms with van der Waals surface area (Å²) in [6.07, 6.45) is 7.61. The van der Waals surface area contributed by atoms with E-state index < -0.39 is 0 Å². The minimum atomic E-state index is -0.0796. The van der Waals surface area contributed by atoms with E-state index in [1.165, 1.54) is 23.9 Å². The lowest BCUT2D eigenvalue weighted by Crippen LogP contribution is -2.45. The van der Waals surface area contributed by atoms with Crippen molar-refractivity contribution in [3.05, 3.63) is 40.6 Å². The van der Waals surface area contributed by atoms with Gasteiger partial charge < -0.3 is 10.2 Å². The molecule has 1 atom stereocenters. The van der Waals surface area contributed by atoms with Crippen molar-refractivity contribution in [2.45, 2.75) is 44.1 Å². The van der Waals surface area contributed by atoms with E-state index in [9.17, 15) is 4.79 Å². The van der Waals surface area contributed by atoms with Gasteiger partial charge in [-0.2, -0.15) is 5.10 Å². The van der Waals surface area contributed by atoms with Crippen molar-refractivity contribution in [1.82, 2.24) is 19.7 Å². The lowest BCUT2D eigenvalue weighted by atomic mass is 10.0. The highest BCUT2D eigenvalue weighted by molar-refractivity contribution is 5.41. The Balaban J connectivity index is 1.46. The van der Waals surface area contributed by atoms with Gasteiger partial charge in [0.25, 0.3) is 5.56 Å². The van der Waals surface area contributed by atoms with Crippen LogP contribution in [0.4, 0.5) is 11.6 Å². The average Bonchev–Trinajstić information content (AvgIpc) is 3.48. The summed E-state index contributed by atoms with van der Waals surface area (Å²) in [5, 5.41) is 7.90. The summed E-state index contributed by atoms with van der Waals surface area (Å²) in [6, 6.07) is 5.85. The standard InChI is InChI=1S/C18H24N6O/c1-23-18(25)8-7-17(22-23)24-9-3-2-4-14(24)11-19-16-10-15(13-5-6-13)20-12-21-16/h7-8,10,12-14H,2-6,9,11H2,1H3,(H,19,20,21). The molecule has 2 fully saturated rings. The number of anilines is 2. The predicted molar refractivity (Wildman–Crippen MR) is 97.0 cm³/mol. The van der Waals surface area contributed by atoms with Gasteiger partial charge in [0, 0.05) is 49.9 Å². The molecule has 2 aromatic heterocycles. The molecule has 1 saturated heterocycles. The molecule has 1 N–H and O–H groups in total. The van der Waals surface area contributed by atoms with Crippen molar-refractivity contribution in [3.63, 3.8) is 0 Å². The van der Waals surface area contributed by atoms with E-state index >= 15 is 0 Å². The number of hydrogen-bond donors (Lipinski definition) is 1. The van der Waals surface area contributed by atoms with Crippen molar-refractivity contribution in [2.75, 3.05) is 23.3 Å². The number of aromatic nitrogens is 4. The lowest BCUT2D eigenvalue weighted by Gasteiger charge is -2.36. The van der Waals surface area contributed by atoms with Crippen molar-refractivity contribution in [1.29, 1.82) is 0 Å². The zero-order valence-electron chi connectivity index (χ0n) is 14.6. The first-order valence-electron chi connectivity index (χ1n) is 9.07. The second-order valence-corrected chi connectivity index (χ2v) is 6.98. The molecule has 2 aliphatic rings. The Morgan fingerprint density at radius 2 is 2.08 bits per heavy atom. The van der Waals surface area contributed by atoms with Gasteiger partial charge >= 0.3 is 0 Å². The van der Waals surface area contributed by atoms with Crippen LogP contribution in [0.5, 0.6) is 0 Å². The first kappa shape index (κ1) is 16.1. The number of piperidine rings is 1. The van der Waals surface area contributed by atoms with Gasteiger partial charge in [-0.1, -0.05) is 0 Å². The van der Waals surface area contributed by atoms with E-state index in [4.69, 9.17) is 0 Å². The van der Waals surface area contributed by atoms with Gasteiger partial charge in [-0.25, -0.2) is 14.6 Å². The van der Waals surface area contributed by atoms with Crippen molar-refractivity contribution in [3.8, 4) is 0 Å². The fourth-order valence-electron chi connectivity index (χ4n) is 3.45. The van der Waals surface area contributed by atoms with Crippen LogP contribution in [0, 0.1) is 0 Å². The SMILES string of the molecule is Cn1nc(N2CCCCC2CNc2cc(C3CC3)ncn2)ccc1=O. The normalized spacial score (nSPS) is 20.5. The molecular weight excluding hydrogens is 316 g/mol. The molecule has 7 heteroatoms. The first-order chi connectivity index (χ1) is 12.2. The molecule has 0 aromatic carbocycles. The smallest absolute Gasteiger partial charge is 0.266 e.